The van der Waals surface area contributed by atoms with E-state index in [0.717, 1.165) is 17.7 Å². The zero-order valence-corrected chi connectivity index (χ0v) is 16.0. The normalized spacial score (nSPS) is 19.1. The van der Waals surface area contributed by atoms with Crippen molar-refractivity contribution in [2.45, 2.75) is 18.9 Å². The number of anilines is 1. The largest absolute Gasteiger partial charge is 0.465 e. The molecule has 1 aliphatic heterocycles. The van der Waals surface area contributed by atoms with E-state index in [1.54, 1.807) is 30.3 Å². The van der Waals surface area contributed by atoms with E-state index in [9.17, 15) is 9.59 Å². The SMILES string of the molecule is COC(=O)c1ccccc1NC(=O)c1cccc(C2(C)CCSC(N)=N2)c1. The summed E-state index contributed by atoms with van der Waals surface area (Å²) in [5, 5.41) is 3.35. The average Bonchev–Trinajstić information content (AvgIpc) is 2.67. The summed E-state index contributed by atoms with van der Waals surface area (Å²) in [5.41, 5.74) is 7.57. The van der Waals surface area contributed by atoms with Gasteiger partial charge < -0.3 is 15.8 Å². The van der Waals surface area contributed by atoms with Gasteiger partial charge in [-0.15, -0.1) is 0 Å². The second-order valence-electron chi connectivity index (χ2n) is 6.39. The van der Waals surface area contributed by atoms with Crippen molar-refractivity contribution in [3.63, 3.8) is 0 Å². The topological polar surface area (TPSA) is 93.8 Å². The fourth-order valence-electron chi connectivity index (χ4n) is 2.96. The molecule has 0 aliphatic carbocycles. The van der Waals surface area contributed by atoms with Gasteiger partial charge in [0.25, 0.3) is 5.91 Å². The van der Waals surface area contributed by atoms with Crippen LogP contribution in [0.25, 0.3) is 0 Å². The van der Waals surface area contributed by atoms with Crippen molar-refractivity contribution < 1.29 is 14.3 Å². The van der Waals surface area contributed by atoms with Crippen LogP contribution < -0.4 is 11.1 Å². The van der Waals surface area contributed by atoms with Crippen LogP contribution in [0.5, 0.6) is 0 Å². The summed E-state index contributed by atoms with van der Waals surface area (Å²) in [6, 6.07) is 14.1. The maximum Gasteiger partial charge on any atom is 0.339 e. The minimum Gasteiger partial charge on any atom is -0.465 e. The van der Waals surface area contributed by atoms with E-state index in [0.29, 0.717) is 22.0 Å². The molecular formula is C20H21N3O3S. The predicted molar refractivity (Wildman–Crippen MR) is 108 cm³/mol. The van der Waals surface area contributed by atoms with Gasteiger partial charge in [-0.3, -0.25) is 9.79 Å². The monoisotopic (exact) mass is 383 g/mol. The van der Waals surface area contributed by atoms with Crippen LogP contribution in [0.1, 0.15) is 39.6 Å². The Hall–Kier alpha value is -2.80. The van der Waals surface area contributed by atoms with E-state index in [1.165, 1.54) is 18.9 Å². The van der Waals surface area contributed by atoms with E-state index in [4.69, 9.17) is 10.5 Å². The number of hydrogen-bond acceptors (Lipinski definition) is 6. The van der Waals surface area contributed by atoms with Crippen molar-refractivity contribution in [2.24, 2.45) is 10.7 Å². The van der Waals surface area contributed by atoms with Gasteiger partial charge in [-0.1, -0.05) is 36.0 Å². The lowest BCUT2D eigenvalue weighted by Gasteiger charge is -2.30. The number of ether oxygens (including phenoxy) is 1. The van der Waals surface area contributed by atoms with Crippen molar-refractivity contribution in [2.75, 3.05) is 18.2 Å². The van der Waals surface area contributed by atoms with Crippen LogP contribution in [0.4, 0.5) is 5.69 Å². The van der Waals surface area contributed by atoms with Gasteiger partial charge in [0.2, 0.25) is 0 Å². The van der Waals surface area contributed by atoms with Crippen LogP contribution in [0, 0.1) is 0 Å². The number of carbonyl (C=O) groups is 2. The Morgan fingerprint density at radius 2 is 2.00 bits per heavy atom. The van der Waals surface area contributed by atoms with Crippen LogP contribution in [0.3, 0.4) is 0 Å². The number of rotatable bonds is 4. The van der Waals surface area contributed by atoms with E-state index >= 15 is 0 Å². The number of amidine groups is 1. The third kappa shape index (κ3) is 4.14. The molecule has 0 fully saturated rings. The van der Waals surface area contributed by atoms with Gasteiger partial charge in [-0.2, -0.15) is 0 Å². The standard InChI is InChI=1S/C20H21N3O3S/c1-20(10-11-27-19(21)23-20)14-7-5-6-13(12-14)17(24)22-16-9-4-3-8-15(16)18(25)26-2/h3-9,12H,10-11H2,1-2H3,(H2,21,23)(H,22,24). The number of nitrogens with two attached hydrogens (primary N) is 1. The third-order valence-electron chi connectivity index (χ3n) is 4.52. The molecular weight excluding hydrogens is 362 g/mol. The molecule has 0 radical (unpaired) electrons. The van der Waals surface area contributed by atoms with Crippen molar-refractivity contribution in [1.82, 2.24) is 0 Å². The maximum absolute atomic E-state index is 12.8. The summed E-state index contributed by atoms with van der Waals surface area (Å²) in [4.78, 5) is 29.2. The maximum atomic E-state index is 12.8. The molecule has 0 spiro atoms. The number of para-hydroxylation sites is 1. The molecule has 2 aromatic rings. The Labute approximate surface area is 162 Å². The number of esters is 1. The van der Waals surface area contributed by atoms with Crippen LogP contribution in [0.15, 0.2) is 53.5 Å². The van der Waals surface area contributed by atoms with Gasteiger partial charge in [-0.25, -0.2) is 4.79 Å². The molecule has 0 aromatic heterocycles. The molecule has 2 aromatic carbocycles. The second-order valence-corrected chi connectivity index (χ2v) is 7.51. The minimum absolute atomic E-state index is 0.304. The molecule has 1 unspecified atom stereocenters. The first-order chi connectivity index (χ1) is 12.9. The zero-order valence-electron chi connectivity index (χ0n) is 15.2. The highest BCUT2D eigenvalue weighted by molar-refractivity contribution is 8.13. The highest BCUT2D eigenvalue weighted by atomic mass is 32.2. The van der Waals surface area contributed by atoms with Gasteiger partial charge in [0.1, 0.15) is 0 Å². The second kappa shape index (κ2) is 7.84. The van der Waals surface area contributed by atoms with Gasteiger partial charge in [0.05, 0.1) is 23.9 Å². The van der Waals surface area contributed by atoms with Gasteiger partial charge in [-0.05, 0) is 43.2 Å². The number of aliphatic imine (C=N–C) groups is 1. The molecule has 0 bridgehead atoms. The van der Waals surface area contributed by atoms with Crippen molar-refractivity contribution in [3.8, 4) is 0 Å². The zero-order chi connectivity index (χ0) is 19.4. The number of hydrogen-bond donors (Lipinski definition) is 2. The lowest BCUT2D eigenvalue weighted by atomic mass is 9.88. The third-order valence-corrected chi connectivity index (χ3v) is 5.32. The summed E-state index contributed by atoms with van der Waals surface area (Å²) in [6.45, 7) is 2.02. The van der Waals surface area contributed by atoms with Crippen molar-refractivity contribution in [3.05, 3.63) is 65.2 Å². The first kappa shape index (κ1) is 19.0. The smallest absolute Gasteiger partial charge is 0.339 e. The fraction of sp³-hybridized carbons (Fsp3) is 0.250. The van der Waals surface area contributed by atoms with Gasteiger partial charge in [0.15, 0.2) is 5.17 Å². The summed E-state index contributed by atoms with van der Waals surface area (Å²) in [7, 11) is 1.31. The molecule has 1 heterocycles. The van der Waals surface area contributed by atoms with E-state index in [-0.39, 0.29) is 5.91 Å². The molecule has 27 heavy (non-hydrogen) atoms. The lowest BCUT2D eigenvalue weighted by molar-refractivity contribution is 0.0602. The molecule has 0 saturated heterocycles. The quantitative estimate of drug-likeness (QED) is 0.789. The van der Waals surface area contributed by atoms with E-state index in [2.05, 4.69) is 10.3 Å². The number of benzene rings is 2. The van der Waals surface area contributed by atoms with Gasteiger partial charge >= 0.3 is 5.97 Å². The first-order valence-corrected chi connectivity index (χ1v) is 9.49. The van der Waals surface area contributed by atoms with Crippen LogP contribution in [-0.4, -0.2) is 29.9 Å². The Bertz CT molecular complexity index is 913. The Morgan fingerprint density at radius 1 is 1.22 bits per heavy atom. The molecule has 7 heteroatoms. The number of carbonyl (C=O) groups excluding carboxylic acids is 2. The van der Waals surface area contributed by atoms with Crippen molar-refractivity contribution >= 4 is 34.5 Å². The number of thioether (sulfide) groups is 1. The molecule has 1 amide bonds. The fourth-order valence-corrected chi connectivity index (χ4v) is 3.94. The first-order valence-electron chi connectivity index (χ1n) is 8.50. The Kier molecular flexibility index (Phi) is 5.51. The average molecular weight is 383 g/mol. The number of nitrogens with one attached hydrogen (secondary N) is 1. The van der Waals surface area contributed by atoms with Crippen LogP contribution >= 0.6 is 11.8 Å². The molecule has 1 aliphatic rings. The number of nitrogens with zero attached hydrogens (tertiary/aromatic N) is 1. The summed E-state index contributed by atoms with van der Waals surface area (Å²) >= 11 is 1.54. The highest BCUT2D eigenvalue weighted by Gasteiger charge is 2.30. The molecule has 3 N–H and O–H groups in total. The summed E-state index contributed by atoms with van der Waals surface area (Å²) < 4.78 is 4.77. The predicted octanol–water partition coefficient (Wildman–Crippen LogP) is 3.39. The highest BCUT2D eigenvalue weighted by Crippen LogP contribution is 2.35. The molecule has 0 saturated carbocycles. The van der Waals surface area contributed by atoms with E-state index < -0.39 is 11.5 Å². The minimum atomic E-state index is -0.503. The lowest BCUT2D eigenvalue weighted by Crippen LogP contribution is -2.29. The van der Waals surface area contributed by atoms with Crippen molar-refractivity contribution in [1.29, 1.82) is 0 Å². The molecule has 3 rings (SSSR count). The van der Waals surface area contributed by atoms with E-state index in [1.807, 2.05) is 25.1 Å². The number of methoxy groups -OCH3 is 1. The Balaban J connectivity index is 1.87. The summed E-state index contributed by atoms with van der Waals surface area (Å²) in [6.07, 6.45) is 0.842. The van der Waals surface area contributed by atoms with Crippen LogP contribution in [-0.2, 0) is 10.3 Å². The molecule has 140 valence electrons. The molecule has 6 nitrogen and oxygen atoms in total. The molecule has 1 atom stereocenters. The van der Waals surface area contributed by atoms with Crippen LogP contribution in [0.2, 0.25) is 0 Å². The van der Waals surface area contributed by atoms with Gasteiger partial charge in [0, 0.05) is 11.3 Å². The summed E-state index contributed by atoms with van der Waals surface area (Å²) in [5.74, 6) is 0.0741. The Morgan fingerprint density at radius 3 is 2.74 bits per heavy atom. The number of amides is 1.